The molecule has 2 aromatic rings. The molecule has 0 spiro atoms. The number of aryl methyl sites for hydroxylation is 2. The van der Waals surface area contributed by atoms with E-state index >= 15 is 0 Å². The molecule has 2 rings (SSSR count). The Hall–Kier alpha value is -1.50. The summed E-state index contributed by atoms with van der Waals surface area (Å²) in [5.41, 5.74) is 0.998. The highest BCUT2D eigenvalue weighted by molar-refractivity contribution is 7.98. The molecule has 0 radical (unpaired) electrons. The summed E-state index contributed by atoms with van der Waals surface area (Å²) in [4.78, 5) is 3.80. The van der Waals surface area contributed by atoms with Crippen molar-refractivity contribution in [2.45, 2.75) is 30.8 Å². The fraction of sp³-hybridized carbons (Fsp3) is 0.333. The first-order chi connectivity index (χ1) is 8.88. The van der Waals surface area contributed by atoms with Gasteiger partial charge in [-0.1, -0.05) is 5.16 Å². The second-order valence-corrected chi connectivity index (χ2v) is 4.97. The molecule has 0 atom stereocenters. The third-order valence-electron chi connectivity index (χ3n) is 2.61. The lowest BCUT2D eigenvalue weighted by molar-refractivity contribution is -0.137. The molecule has 0 bridgehead atoms. The predicted molar refractivity (Wildman–Crippen MR) is 64.8 cm³/mol. The van der Waals surface area contributed by atoms with E-state index in [1.807, 2.05) is 6.92 Å². The van der Waals surface area contributed by atoms with E-state index in [9.17, 15) is 13.2 Å². The Morgan fingerprint density at radius 3 is 2.47 bits per heavy atom. The van der Waals surface area contributed by atoms with E-state index in [0.717, 1.165) is 29.3 Å². The summed E-state index contributed by atoms with van der Waals surface area (Å²) in [5, 5.41) is 4.35. The first-order valence-electron chi connectivity index (χ1n) is 5.45. The van der Waals surface area contributed by atoms with Crippen LogP contribution in [0.25, 0.3) is 0 Å². The van der Waals surface area contributed by atoms with E-state index in [-0.39, 0.29) is 0 Å². The average molecular weight is 288 g/mol. The van der Waals surface area contributed by atoms with Gasteiger partial charge in [-0.3, -0.25) is 0 Å². The molecule has 3 nitrogen and oxygen atoms in total. The molecule has 7 heteroatoms. The highest BCUT2D eigenvalue weighted by Crippen LogP contribution is 2.30. The van der Waals surface area contributed by atoms with Crippen LogP contribution in [0.5, 0.6) is 0 Å². The minimum Gasteiger partial charge on any atom is -0.361 e. The number of nitrogens with zero attached hydrogens (tertiary/aromatic N) is 2. The first-order valence-corrected chi connectivity index (χ1v) is 6.44. The zero-order chi connectivity index (χ0) is 14.0. The Kier molecular flexibility index (Phi) is 3.84. The van der Waals surface area contributed by atoms with Gasteiger partial charge in [0, 0.05) is 17.5 Å². The summed E-state index contributed by atoms with van der Waals surface area (Å²) < 4.78 is 42.1. The minimum absolute atomic E-state index is 0.535. The molecular weight excluding hydrogens is 277 g/mol. The highest BCUT2D eigenvalue weighted by Gasteiger charge is 2.30. The van der Waals surface area contributed by atoms with E-state index in [1.165, 1.54) is 17.8 Å². The summed E-state index contributed by atoms with van der Waals surface area (Å²) in [6.07, 6.45) is -3.51. The van der Waals surface area contributed by atoms with Crippen LogP contribution in [-0.2, 0) is 11.9 Å². The molecular formula is C12H11F3N2OS. The van der Waals surface area contributed by atoms with E-state index < -0.39 is 11.7 Å². The molecule has 0 fully saturated rings. The molecule has 0 aliphatic rings. The van der Waals surface area contributed by atoms with Crippen LogP contribution < -0.4 is 0 Å². The van der Waals surface area contributed by atoms with Gasteiger partial charge in [-0.15, -0.1) is 11.8 Å². The second kappa shape index (κ2) is 5.24. The van der Waals surface area contributed by atoms with Crippen LogP contribution in [0.3, 0.4) is 0 Å². The standard InChI is InChI=1S/C12H11F3N2OS/c1-7-10(8(2)18-17-7)6-19-11-4-3-9(5-16-11)12(13,14)15/h3-5H,6H2,1-2H3. The third kappa shape index (κ3) is 3.28. The number of thioether (sulfide) groups is 1. The van der Waals surface area contributed by atoms with Crippen LogP contribution in [0.4, 0.5) is 13.2 Å². The van der Waals surface area contributed by atoms with Crippen LogP contribution in [0, 0.1) is 13.8 Å². The van der Waals surface area contributed by atoms with Gasteiger partial charge in [0.25, 0.3) is 0 Å². The maximum absolute atomic E-state index is 12.4. The lowest BCUT2D eigenvalue weighted by atomic mass is 10.2. The van der Waals surface area contributed by atoms with Crippen molar-refractivity contribution in [2.24, 2.45) is 0 Å². The summed E-state index contributed by atoms with van der Waals surface area (Å²) in [5.74, 6) is 1.29. The number of alkyl halides is 3. The molecule has 2 heterocycles. The Morgan fingerprint density at radius 2 is 2.00 bits per heavy atom. The van der Waals surface area contributed by atoms with Gasteiger partial charge in [0.05, 0.1) is 16.3 Å². The molecule has 2 aromatic heterocycles. The van der Waals surface area contributed by atoms with Crippen molar-refractivity contribution in [3.8, 4) is 0 Å². The van der Waals surface area contributed by atoms with Gasteiger partial charge in [0.2, 0.25) is 0 Å². The topological polar surface area (TPSA) is 38.9 Å². The van der Waals surface area contributed by atoms with Crippen molar-refractivity contribution < 1.29 is 17.7 Å². The molecule has 0 aliphatic heterocycles. The van der Waals surface area contributed by atoms with Crippen LogP contribution in [-0.4, -0.2) is 10.1 Å². The van der Waals surface area contributed by atoms with Gasteiger partial charge in [0.15, 0.2) is 0 Å². The predicted octanol–water partition coefficient (Wildman–Crippen LogP) is 4.00. The maximum Gasteiger partial charge on any atom is 0.417 e. The lowest BCUT2D eigenvalue weighted by Crippen LogP contribution is -2.05. The summed E-state index contributed by atoms with van der Waals surface area (Å²) in [6.45, 7) is 3.63. The molecule has 19 heavy (non-hydrogen) atoms. The van der Waals surface area contributed by atoms with Crippen LogP contribution >= 0.6 is 11.8 Å². The van der Waals surface area contributed by atoms with Crippen LogP contribution in [0.2, 0.25) is 0 Å². The van der Waals surface area contributed by atoms with Crippen LogP contribution in [0.15, 0.2) is 27.9 Å². The minimum atomic E-state index is -4.35. The van der Waals surface area contributed by atoms with E-state index in [4.69, 9.17) is 4.52 Å². The number of hydrogen-bond acceptors (Lipinski definition) is 4. The average Bonchev–Trinajstić information content (AvgIpc) is 2.66. The monoisotopic (exact) mass is 288 g/mol. The van der Waals surface area contributed by atoms with Crippen molar-refractivity contribution in [3.05, 3.63) is 40.9 Å². The fourth-order valence-corrected chi connectivity index (χ4v) is 2.48. The van der Waals surface area contributed by atoms with Crippen molar-refractivity contribution in [1.82, 2.24) is 10.1 Å². The summed E-state index contributed by atoms with van der Waals surface area (Å²) in [6, 6.07) is 2.40. The maximum atomic E-state index is 12.4. The Labute approximate surface area is 112 Å². The van der Waals surface area contributed by atoms with Gasteiger partial charge in [-0.2, -0.15) is 13.2 Å². The zero-order valence-electron chi connectivity index (χ0n) is 10.3. The SMILES string of the molecule is Cc1noc(C)c1CSc1ccc(C(F)(F)F)cn1. The van der Waals surface area contributed by atoms with E-state index in [2.05, 4.69) is 10.1 Å². The van der Waals surface area contributed by atoms with Crippen LogP contribution in [0.1, 0.15) is 22.6 Å². The zero-order valence-corrected chi connectivity index (χ0v) is 11.1. The van der Waals surface area contributed by atoms with Gasteiger partial charge in [0.1, 0.15) is 5.76 Å². The smallest absolute Gasteiger partial charge is 0.361 e. The number of aromatic nitrogens is 2. The summed E-state index contributed by atoms with van der Waals surface area (Å²) >= 11 is 1.35. The number of pyridine rings is 1. The number of halogens is 3. The van der Waals surface area contributed by atoms with Crippen molar-refractivity contribution in [2.75, 3.05) is 0 Å². The van der Waals surface area contributed by atoms with Crippen molar-refractivity contribution >= 4 is 11.8 Å². The Bertz CT molecular complexity index is 544. The molecule has 102 valence electrons. The number of rotatable bonds is 3. The highest BCUT2D eigenvalue weighted by atomic mass is 32.2. The van der Waals surface area contributed by atoms with Crippen molar-refractivity contribution in [1.29, 1.82) is 0 Å². The third-order valence-corrected chi connectivity index (χ3v) is 3.58. The van der Waals surface area contributed by atoms with Crippen molar-refractivity contribution in [3.63, 3.8) is 0 Å². The number of hydrogen-bond donors (Lipinski definition) is 0. The molecule has 0 unspecified atom stereocenters. The molecule has 0 amide bonds. The van der Waals surface area contributed by atoms with Gasteiger partial charge >= 0.3 is 6.18 Å². The normalized spacial score (nSPS) is 11.8. The fourth-order valence-electron chi connectivity index (χ4n) is 1.49. The molecule has 0 aliphatic carbocycles. The Balaban J connectivity index is 2.05. The van der Waals surface area contributed by atoms with E-state index in [1.54, 1.807) is 6.92 Å². The molecule has 0 N–H and O–H groups in total. The van der Waals surface area contributed by atoms with Gasteiger partial charge < -0.3 is 4.52 Å². The van der Waals surface area contributed by atoms with Gasteiger partial charge in [-0.05, 0) is 26.0 Å². The molecule has 0 saturated carbocycles. The Morgan fingerprint density at radius 1 is 1.26 bits per heavy atom. The first kappa shape index (κ1) is 13.9. The van der Waals surface area contributed by atoms with E-state index in [0.29, 0.717) is 10.8 Å². The van der Waals surface area contributed by atoms with Gasteiger partial charge in [-0.25, -0.2) is 4.98 Å². The summed E-state index contributed by atoms with van der Waals surface area (Å²) in [7, 11) is 0. The quantitative estimate of drug-likeness (QED) is 0.800. The lowest BCUT2D eigenvalue weighted by Gasteiger charge is -2.06. The second-order valence-electron chi connectivity index (χ2n) is 3.97. The molecule has 0 saturated heterocycles. The largest absolute Gasteiger partial charge is 0.417 e. The molecule has 0 aromatic carbocycles.